The van der Waals surface area contributed by atoms with Gasteiger partial charge in [0.15, 0.2) is 0 Å². The highest BCUT2D eigenvalue weighted by Crippen LogP contribution is 2.28. The lowest BCUT2D eigenvalue weighted by Gasteiger charge is -2.33. The normalized spacial score (nSPS) is 33.4. The SMILES string of the molecule is CC1CCCCN1S(=O)(=O)NC1CCCC1C(N)=S. The van der Waals surface area contributed by atoms with Crippen LogP contribution in [0.5, 0.6) is 0 Å². The van der Waals surface area contributed by atoms with Crippen molar-refractivity contribution in [2.45, 2.75) is 57.5 Å². The van der Waals surface area contributed by atoms with Gasteiger partial charge < -0.3 is 5.73 Å². The summed E-state index contributed by atoms with van der Waals surface area (Å²) in [4.78, 5) is 0.428. The predicted molar refractivity (Wildman–Crippen MR) is 80.0 cm³/mol. The molecule has 19 heavy (non-hydrogen) atoms. The minimum atomic E-state index is -3.41. The van der Waals surface area contributed by atoms with Crippen molar-refractivity contribution in [2.75, 3.05) is 6.54 Å². The van der Waals surface area contributed by atoms with E-state index in [2.05, 4.69) is 4.72 Å². The Hall–Kier alpha value is -0.240. The zero-order valence-corrected chi connectivity index (χ0v) is 13.0. The van der Waals surface area contributed by atoms with Crippen LogP contribution < -0.4 is 10.5 Å². The summed E-state index contributed by atoms with van der Waals surface area (Å²) in [5, 5.41) is 0. The van der Waals surface area contributed by atoms with Gasteiger partial charge in [0, 0.05) is 24.5 Å². The van der Waals surface area contributed by atoms with Crippen molar-refractivity contribution >= 4 is 27.4 Å². The number of nitrogens with two attached hydrogens (primary N) is 1. The van der Waals surface area contributed by atoms with Gasteiger partial charge in [0.25, 0.3) is 10.2 Å². The molecule has 0 spiro atoms. The number of rotatable bonds is 4. The first-order valence-electron chi connectivity index (χ1n) is 7.00. The molecular formula is C12H23N3O2S2. The number of hydrogen-bond acceptors (Lipinski definition) is 3. The first-order valence-corrected chi connectivity index (χ1v) is 8.85. The third-order valence-electron chi connectivity index (χ3n) is 4.23. The average Bonchev–Trinajstić information content (AvgIpc) is 2.76. The molecule has 0 aromatic rings. The van der Waals surface area contributed by atoms with Crippen LogP contribution in [0.15, 0.2) is 0 Å². The van der Waals surface area contributed by atoms with Crippen LogP contribution in [0.2, 0.25) is 0 Å². The first kappa shape index (κ1) is 15.2. The Balaban J connectivity index is 2.06. The summed E-state index contributed by atoms with van der Waals surface area (Å²) in [5.41, 5.74) is 5.70. The van der Waals surface area contributed by atoms with Crippen molar-refractivity contribution in [3.63, 3.8) is 0 Å². The van der Waals surface area contributed by atoms with E-state index >= 15 is 0 Å². The molecule has 3 N–H and O–H groups in total. The maximum Gasteiger partial charge on any atom is 0.279 e. The fourth-order valence-corrected chi connectivity index (χ4v) is 5.16. The molecule has 110 valence electrons. The van der Waals surface area contributed by atoms with E-state index in [9.17, 15) is 8.42 Å². The van der Waals surface area contributed by atoms with Gasteiger partial charge in [-0.2, -0.15) is 17.4 Å². The molecule has 5 nitrogen and oxygen atoms in total. The molecule has 1 saturated heterocycles. The third kappa shape index (κ3) is 3.45. The molecule has 0 aromatic heterocycles. The van der Waals surface area contributed by atoms with E-state index in [1.165, 1.54) is 0 Å². The summed E-state index contributed by atoms with van der Waals surface area (Å²) in [6.07, 6.45) is 5.66. The zero-order valence-electron chi connectivity index (χ0n) is 11.3. The van der Waals surface area contributed by atoms with Gasteiger partial charge in [0.2, 0.25) is 0 Å². The van der Waals surface area contributed by atoms with Gasteiger partial charge in [-0.05, 0) is 32.6 Å². The van der Waals surface area contributed by atoms with Crippen LogP contribution in [0.25, 0.3) is 0 Å². The molecule has 0 bridgehead atoms. The van der Waals surface area contributed by atoms with Crippen LogP contribution in [0.3, 0.4) is 0 Å². The van der Waals surface area contributed by atoms with Crippen molar-refractivity contribution in [1.82, 2.24) is 9.03 Å². The third-order valence-corrected chi connectivity index (χ3v) is 6.30. The molecule has 2 aliphatic rings. The second kappa shape index (κ2) is 6.03. The van der Waals surface area contributed by atoms with E-state index < -0.39 is 10.2 Å². The lowest BCUT2D eigenvalue weighted by Crippen LogP contribution is -2.52. The Kier molecular flexibility index (Phi) is 4.81. The van der Waals surface area contributed by atoms with Gasteiger partial charge >= 0.3 is 0 Å². The number of thiocarbonyl (C=S) groups is 1. The molecule has 7 heteroatoms. The maximum absolute atomic E-state index is 12.5. The lowest BCUT2D eigenvalue weighted by atomic mass is 10.1. The highest BCUT2D eigenvalue weighted by Gasteiger charge is 2.36. The van der Waals surface area contributed by atoms with E-state index in [0.29, 0.717) is 11.5 Å². The van der Waals surface area contributed by atoms with Crippen LogP contribution >= 0.6 is 12.2 Å². The fraction of sp³-hybridized carbons (Fsp3) is 0.917. The van der Waals surface area contributed by atoms with E-state index in [1.54, 1.807) is 4.31 Å². The van der Waals surface area contributed by atoms with Gasteiger partial charge in [-0.25, -0.2) is 0 Å². The van der Waals surface area contributed by atoms with E-state index in [4.69, 9.17) is 18.0 Å². The van der Waals surface area contributed by atoms with Crippen molar-refractivity contribution in [3.8, 4) is 0 Å². The standard InChI is InChI=1S/C12H23N3O2S2/c1-9-5-2-3-8-15(9)19(16,17)14-11-7-4-6-10(11)12(13)18/h9-11,14H,2-8H2,1H3,(H2,13,18). The van der Waals surface area contributed by atoms with Gasteiger partial charge in [-0.3, -0.25) is 0 Å². The minimum Gasteiger partial charge on any atom is -0.393 e. The van der Waals surface area contributed by atoms with Crippen LogP contribution in [0.4, 0.5) is 0 Å². The molecule has 1 heterocycles. The molecule has 1 aliphatic carbocycles. The maximum atomic E-state index is 12.5. The summed E-state index contributed by atoms with van der Waals surface area (Å²) < 4.78 is 29.3. The molecule has 2 fully saturated rings. The van der Waals surface area contributed by atoms with Crippen LogP contribution in [-0.4, -0.2) is 36.3 Å². The van der Waals surface area contributed by atoms with Crippen LogP contribution in [0.1, 0.15) is 45.4 Å². The largest absolute Gasteiger partial charge is 0.393 e. The second-order valence-electron chi connectivity index (χ2n) is 5.62. The average molecular weight is 305 g/mol. The summed E-state index contributed by atoms with van der Waals surface area (Å²) in [5.74, 6) is 0.00451. The molecule has 0 amide bonds. The van der Waals surface area contributed by atoms with Crippen LogP contribution in [-0.2, 0) is 10.2 Å². The van der Waals surface area contributed by atoms with E-state index in [-0.39, 0.29) is 18.0 Å². The molecule has 3 unspecified atom stereocenters. The Morgan fingerprint density at radius 2 is 2.00 bits per heavy atom. The lowest BCUT2D eigenvalue weighted by molar-refractivity contribution is 0.263. The quantitative estimate of drug-likeness (QED) is 0.764. The van der Waals surface area contributed by atoms with Crippen molar-refractivity contribution < 1.29 is 8.42 Å². The number of hydrogen-bond donors (Lipinski definition) is 2. The second-order valence-corrected chi connectivity index (χ2v) is 7.75. The monoisotopic (exact) mass is 305 g/mol. The van der Waals surface area contributed by atoms with Crippen molar-refractivity contribution in [3.05, 3.63) is 0 Å². The topological polar surface area (TPSA) is 75.4 Å². The molecular weight excluding hydrogens is 282 g/mol. The van der Waals surface area contributed by atoms with Gasteiger partial charge in [-0.1, -0.05) is 25.1 Å². The summed E-state index contributed by atoms with van der Waals surface area (Å²) in [6, 6.07) is -0.0486. The van der Waals surface area contributed by atoms with Gasteiger partial charge in [0.1, 0.15) is 0 Å². The molecule has 3 atom stereocenters. The van der Waals surface area contributed by atoms with Gasteiger partial charge in [-0.15, -0.1) is 0 Å². The molecule has 1 saturated carbocycles. The number of piperidine rings is 1. The smallest absolute Gasteiger partial charge is 0.279 e. The Bertz CT molecular complexity index is 438. The zero-order chi connectivity index (χ0) is 14.0. The van der Waals surface area contributed by atoms with E-state index in [1.807, 2.05) is 6.92 Å². The molecule has 1 aliphatic heterocycles. The number of nitrogens with zero attached hydrogens (tertiary/aromatic N) is 1. The minimum absolute atomic E-state index is 0.00451. The van der Waals surface area contributed by atoms with Crippen molar-refractivity contribution in [1.29, 1.82) is 0 Å². The molecule has 0 aromatic carbocycles. The summed E-state index contributed by atoms with van der Waals surface area (Å²) >= 11 is 5.03. The van der Waals surface area contributed by atoms with Crippen molar-refractivity contribution in [2.24, 2.45) is 11.7 Å². The summed E-state index contributed by atoms with van der Waals surface area (Å²) in [7, 11) is -3.41. The summed E-state index contributed by atoms with van der Waals surface area (Å²) in [6.45, 7) is 2.58. The Labute approximate surface area is 121 Å². The Morgan fingerprint density at radius 3 is 2.63 bits per heavy atom. The first-order chi connectivity index (χ1) is 8.92. The highest BCUT2D eigenvalue weighted by molar-refractivity contribution is 7.87. The highest BCUT2D eigenvalue weighted by atomic mass is 32.2. The fourth-order valence-electron chi connectivity index (χ4n) is 3.13. The van der Waals surface area contributed by atoms with Gasteiger partial charge in [0.05, 0.1) is 4.99 Å². The number of nitrogens with one attached hydrogen (secondary N) is 1. The van der Waals surface area contributed by atoms with Crippen LogP contribution in [0, 0.1) is 5.92 Å². The predicted octanol–water partition coefficient (Wildman–Crippen LogP) is 1.15. The van der Waals surface area contributed by atoms with E-state index in [0.717, 1.165) is 38.5 Å². The molecule has 0 radical (unpaired) electrons. The Morgan fingerprint density at radius 1 is 1.26 bits per heavy atom. The molecule has 2 rings (SSSR count).